The van der Waals surface area contributed by atoms with Gasteiger partial charge >= 0.3 is 0 Å². The van der Waals surface area contributed by atoms with E-state index in [0.29, 0.717) is 10.3 Å². The van der Waals surface area contributed by atoms with E-state index in [-0.39, 0.29) is 11.6 Å². The van der Waals surface area contributed by atoms with Gasteiger partial charge in [-0.15, -0.1) is 0 Å². The molecule has 0 aliphatic carbocycles. The predicted octanol–water partition coefficient (Wildman–Crippen LogP) is 3.64. The summed E-state index contributed by atoms with van der Waals surface area (Å²) in [7, 11) is 1.60. The molecule has 2 aromatic rings. The molecule has 0 unspecified atom stereocenters. The highest BCUT2D eigenvalue weighted by atomic mass is 79.9. The standard InChI is InChI=1S/C18H16BrN3O2/c1-12(13-6-8-16(24-2)9-7-13)21-18(23)14(11-20)10-15-4-3-5-17(19)22-15/h3-10,12H,1-2H3,(H,21,23)/b14-10+/t12-/m0/s1. The number of benzene rings is 1. The largest absolute Gasteiger partial charge is 0.497 e. The zero-order chi connectivity index (χ0) is 17.5. The second-order valence-electron chi connectivity index (χ2n) is 5.02. The van der Waals surface area contributed by atoms with Crippen LogP contribution >= 0.6 is 15.9 Å². The van der Waals surface area contributed by atoms with Gasteiger partial charge in [0, 0.05) is 0 Å². The molecule has 0 bridgehead atoms. The van der Waals surface area contributed by atoms with Crippen molar-refractivity contribution in [1.82, 2.24) is 10.3 Å². The van der Waals surface area contributed by atoms with Crippen molar-refractivity contribution in [2.45, 2.75) is 13.0 Å². The molecular formula is C18H16BrN3O2. The van der Waals surface area contributed by atoms with E-state index < -0.39 is 5.91 Å². The van der Waals surface area contributed by atoms with Crippen LogP contribution in [-0.4, -0.2) is 18.0 Å². The molecule has 0 spiro atoms. The van der Waals surface area contributed by atoms with Gasteiger partial charge in [0.25, 0.3) is 5.91 Å². The Morgan fingerprint density at radius 2 is 2.04 bits per heavy atom. The molecule has 122 valence electrons. The zero-order valence-electron chi connectivity index (χ0n) is 13.3. The first-order chi connectivity index (χ1) is 11.5. The summed E-state index contributed by atoms with van der Waals surface area (Å²) in [6, 6.07) is 14.4. The molecule has 0 aliphatic heterocycles. The van der Waals surface area contributed by atoms with Crippen LogP contribution < -0.4 is 10.1 Å². The number of pyridine rings is 1. The molecule has 1 N–H and O–H groups in total. The van der Waals surface area contributed by atoms with E-state index in [0.717, 1.165) is 11.3 Å². The van der Waals surface area contributed by atoms with E-state index >= 15 is 0 Å². The second-order valence-corrected chi connectivity index (χ2v) is 5.84. The fourth-order valence-corrected chi connectivity index (χ4v) is 2.41. The minimum Gasteiger partial charge on any atom is -0.497 e. The van der Waals surface area contributed by atoms with Crippen LogP contribution in [0.5, 0.6) is 5.75 Å². The summed E-state index contributed by atoms with van der Waals surface area (Å²) in [6.45, 7) is 1.85. The average molecular weight is 386 g/mol. The SMILES string of the molecule is COc1ccc([C@H](C)NC(=O)/C(C#N)=C/c2cccc(Br)n2)cc1. The third-order valence-electron chi connectivity index (χ3n) is 3.36. The average Bonchev–Trinajstić information content (AvgIpc) is 2.59. The molecular weight excluding hydrogens is 370 g/mol. The van der Waals surface area contributed by atoms with Crippen molar-refractivity contribution in [3.63, 3.8) is 0 Å². The first-order valence-electron chi connectivity index (χ1n) is 7.22. The highest BCUT2D eigenvalue weighted by Gasteiger charge is 2.14. The number of nitriles is 1. The Morgan fingerprint density at radius 3 is 2.62 bits per heavy atom. The van der Waals surface area contributed by atoms with Crippen LogP contribution in [0.4, 0.5) is 0 Å². The Balaban J connectivity index is 2.12. The summed E-state index contributed by atoms with van der Waals surface area (Å²) in [5.41, 5.74) is 1.45. The van der Waals surface area contributed by atoms with E-state index in [2.05, 4.69) is 26.2 Å². The van der Waals surface area contributed by atoms with Gasteiger partial charge in [-0.25, -0.2) is 4.98 Å². The second kappa shape index (κ2) is 8.27. The predicted molar refractivity (Wildman–Crippen MR) is 95.1 cm³/mol. The molecule has 0 aliphatic rings. The lowest BCUT2D eigenvalue weighted by Gasteiger charge is -2.14. The molecule has 0 saturated carbocycles. The normalized spacial score (nSPS) is 12.2. The zero-order valence-corrected chi connectivity index (χ0v) is 14.9. The number of carbonyl (C=O) groups is 1. The van der Waals surface area contributed by atoms with Crippen LogP contribution in [0.3, 0.4) is 0 Å². The van der Waals surface area contributed by atoms with Crippen molar-refractivity contribution in [3.05, 3.63) is 63.9 Å². The molecule has 0 saturated heterocycles. The number of ether oxygens (including phenoxy) is 1. The summed E-state index contributed by atoms with van der Waals surface area (Å²) in [6.07, 6.45) is 1.46. The van der Waals surface area contributed by atoms with Gasteiger partial charge in [0.05, 0.1) is 18.8 Å². The van der Waals surface area contributed by atoms with Gasteiger partial charge in [0.1, 0.15) is 22.0 Å². The van der Waals surface area contributed by atoms with Crippen molar-refractivity contribution in [2.75, 3.05) is 7.11 Å². The first-order valence-corrected chi connectivity index (χ1v) is 8.02. The lowest BCUT2D eigenvalue weighted by Crippen LogP contribution is -2.27. The monoisotopic (exact) mass is 385 g/mol. The molecule has 0 fully saturated rings. The lowest BCUT2D eigenvalue weighted by molar-refractivity contribution is -0.117. The van der Waals surface area contributed by atoms with Crippen LogP contribution in [0.2, 0.25) is 0 Å². The Labute approximate surface area is 149 Å². The number of nitrogens with one attached hydrogen (secondary N) is 1. The molecule has 1 atom stereocenters. The minimum absolute atomic E-state index is 0.000890. The molecule has 6 heteroatoms. The summed E-state index contributed by atoms with van der Waals surface area (Å²) < 4.78 is 5.75. The number of amides is 1. The number of rotatable bonds is 5. The highest BCUT2D eigenvalue weighted by Crippen LogP contribution is 2.18. The van der Waals surface area contributed by atoms with E-state index in [1.807, 2.05) is 37.3 Å². The van der Waals surface area contributed by atoms with Gasteiger partial charge in [-0.3, -0.25) is 4.79 Å². The fraction of sp³-hybridized carbons (Fsp3) is 0.167. The highest BCUT2D eigenvalue weighted by molar-refractivity contribution is 9.10. The molecule has 1 heterocycles. The smallest absolute Gasteiger partial charge is 0.262 e. The van der Waals surface area contributed by atoms with E-state index in [9.17, 15) is 10.1 Å². The fourth-order valence-electron chi connectivity index (χ4n) is 2.05. The van der Waals surface area contributed by atoms with Gasteiger partial charge in [0.2, 0.25) is 0 Å². The maximum absolute atomic E-state index is 12.3. The summed E-state index contributed by atoms with van der Waals surface area (Å²) in [4.78, 5) is 16.5. The van der Waals surface area contributed by atoms with Crippen molar-refractivity contribution in [1.29, 1.82) is 5.26 Å². The minimum atomic E-state index is -0.442. The Morgan fingerprint density at radius 1 is 1.33 bits per heavy atom. The van der Waals surface area contributed by atoms with E-state index in [1.54, 1.807) is 25.3 Å². The number of halogens is 1. The summed E-state index contributed by atoms with van der Waals surface area (Å²) >= 11 is 3.26. The summed E-state index contributed by atoms with van der Waals surface area (Å²) in [5.74, 6) is 0.304. The number of hydrogen-bond donors (Lipinski definition) is 1. The van der Waals surface area contributed by atoms with Crippen molar-refractivity contribution in [2.24, 2.45) is 0 Å². The molecule has 5 nitrogen and oxygen atoms in total. The van der Waals surface area contributed by atoms with Crippen LogP contribution in [0.15, 0.2) is 52.6 Å². The third kappa shape index (κ3) is 4.67. The van der Waals surface area contributed by atoms with Gasteiger partial charge in [-0.2, -0.15) is 5.26 Å². The van der Waals surface area contributed by atoms with E-state index in [4.69, 9.17) is 4.74 Å². The molecule has 1 aromatic carbocycles. The molecule has 1 aromatic heterocycles. The van der Waals surface area contributed by atoms with Gasteiger partial charge in [-0.1, -0.05) is 18.2 Å². The van der Waals surface area contributed by atoms with Crippen molar-refractivity contribution in [3.8, 4) is 11.8 Å². The number of carbonyl (C=O) groups excluding carboxylic acids is 1. The van der Waals surface area contributed by atoms with Crippen LogP contribution in [0.1, 0.15) is 24.2 Å². The number of hydrogen-bond acceptors (Lipinski definition) is 4. The molecule has 1 amide bonds. The van der Waals surface area contributed by atoms with Crippen LogP contribution in [0.25, 0.3) is 6.08 Å². The first kappa shape index (κ1) is 17.7. The van der Waals surface area contributed by atoms with Crippen molar-refractivity contribution >= 4 is 27.9 Å². The van der Waals surface area contributed by atoms with Gasteiger partial charge in [0.15, 0.2) is 0 Å². The third-order valence-corrected chi connectivity index (χ3v) is 3.80. The van der Waals surface area contributed by atoms with Crippen molar-refractivity contribution < 1.29 is 9.53 Å². The maximum atomic E-state index is 12.3. The number of nitrogens with zero attached hydrogens (tertiary/aromatic N) is 2. The van der Waals surface area contributed by atoms with Crippen LogP contribution in [0, 0.1) is 11.3 Å². The number of methoxy groups -OCH3 is 1. The summed E-state index contributed by atoms with van der Waals surface area (Å²) in [5, 5.41) is 12.1. The lowest BCUT2D eigenvalue weighted by atomic mass is 10.1. The Bertz CT molecular complexity index is 795. The molecule has 2 rings (SSSR count). The van der Waals surface area contributed by atoms with Crippen LogP contribution in [-0.2, 0) is 4.79 Å². The Hall–Kier alpha value is -2.65. The Kier molecular flexibility index (Phi) is 6.10. The molecule has 0 radical (unpaired) electrons. The van der Waals surface area contributed by atoms with Gasteiger partial charge in [-0.05, 0) is 58.8 Å². The topological polar surface area (TPSA) is 75.0 Å². The van der Waals surface area contributed by atoms with E-state index in [1.165, 1.54) is 6.08 Å². The number of aromatic nitrogens is 1. The maximum Gasteiger partial charge on any atom is 0.262 e. The molecule has 24 heavy (non-hydrogen) atoms. The quantitative estimate of drug-likeness (QED) is 0.484. The van der Waals surface area contributed by atoms with Gasteiger partial charge < -0.3 is 10.1 Å².